The summed E-state index contributed by atoms with van der Waals surface area (Å²) in [5.74, 6) is -0.386. The van der Waals surface area contributed by atoms with Gasteiger partial charge in [-0.15, -0.1) is 0 Å². The Labute approximate surface area is 132 Å². The van der Waals surface area contributed by atoms with E-state index in [1.54, 1.807) is 19.2 Å². The van der Waals surface area contributed by atoms with Crippen molar-refractivity contribution >= 4 is 34.4 Å². The fraction of sp³-hybridized carbons (Fsp3) is 0.154. The number of aromatic nitrogens is 2. The van der Waals surface area contributed by atoms with Crippen molar-refractivity contribution < 1.29 is 4.39 Å². The van der Waals surface area contributed by atoms with Gasteiger partial charge in [0.2, 0.25) is 0 Å². The highest BCUT2D eigenvalue weighted by Gasteiger charge is 2.15. The van der Waals surface area contributed by atoms with Gasteiger partial charge in [0.15, 0.2) is 5.16 Å². The van der Waals surface area contributed by atoms with Crippen molar-refractivity contribution in [2.45, 2.75) is 12.1 Å². The van der Waals surface area contributed by atoms with Crippen molar-refractivity contribution in [2.75, 3.05) is 6.26 Å². The Bertz CT molecular complexity index is 759. The number of hydrogen-bond acceptors (Lipinski definition) is 4. The zero-order valence-electron chi connectivity index (χ0n) is 10.6. The lowest BCUT2D eigenvalue weighted by atomic mass is 10.1. The van der Waals surface area contributed by atoms with E-state index in [0.717, 1.165) is 0 Å². The summed E-state index contributed by atoms with van der Waals surface area (Å²) in [4.78, 5) is 18.6. The van der Waals surface area contributed by atoms with Crippen LogP contribution in [0.25, 0.3) is 11.3 Å². The van der Waals surface area contributed by atoms with E-state index in [2.05, 4.69) is 9.97 Å². The van der Waals surface area contributed by atoms with Gasteiger partial charge < -0.3 is 4.98 Å². The lowest BCUT2D eigenvalue weighted by Gasteiger charge is -2.08. The molecular formula is C13H9FIN3OS. The molecule has 0 aliphatic carbocycles. The molecule has 0 saturated carbocycles. The van der Waals surface area contributed by atoms with Gasteiger partial charge in [-0.2, -0.15) is 5.26 Å². The Hall–Kier alpha value is -1.40. The second-order valence-electron chi connectivity index (χ2n) is 3.98. The quantitative estimate of drug-likeness (QED) is 0.477. The number of hydrogen-bond donors (Lipinski definition) is 1. The number of H-pyrrole nitrogens is 1. The molecule has 0 unspecified atom stereocenters. The lowest BCUT2D eigenvalue weighted by molar-refractivity contribution is 0.617. The van der Waals surface area contributed by atoms with Gasteiger partial charge in [0.05, 0.1) is 5.69 Å². The average Bonchev–Trinajstić information content (AvgIpc) is 2.43. The minimum Gasteiger partial charge on any atom is -0.300 e. The summed E-state index contributed by atoms with van der Waals surface area (Å²) in [7, 11) is 0. The first-order valence-corrected chi connectivity index (χ1v) is 7.82. The third-order valence-corrected chi connectivity index (χ3v) is 4.46. The van der Waals surface area contributed by atoms with Gasteiger partial charge in [-0.3, -0.25) is 4.79 Å². The van der Waals surface area contributed by atoms with E-state index < -0.39 is 5.56 Å². The summed E-state index contributed by atoms with van der Waals surface area (Å²) in [6.45, 7) is 1.67. The third-order valence-electron chi connectivity index (χ3n) is 2.76. The highest BCUT2D eigenvalue weighted by Crippen LogP contribution is 2.26. The molecule has 1 N–H and O–H groups in total. The minimum atomic E-state index is -0.516. The van der Waals surface area contributed by atoms with Crippen LogP contribution in [0.15, 0.2) is 22.1 Å². The predicted octanol–water partition coefficient (Wildman–Crippen LogP) is 3.08. The maximum absolute atomic E-state index is 13.8. The first-order valence-electron chi connectivity index (χ1n) is 5.52. The second-order valence-corrected chi connectivity index (χ2v) is 5.93. The molecule has 2 rings (SSSR count). The van der Waals surface area contributed by atoms with Gasteiger partial charge in [0.1, 0.15) is 17.4 Å². The summed E-state index contributed by atoms with van der Waals surface area (Å²) in [6.07, 6.45) is 1.76. The van der Waals surface area contributed by atoms with Gasteiger partial charge in [0, 0.05) is 9.13 Å². The zero-order chi connectivity index (χ0) is 14.9. The molecule has 102 valence electrons. The van der Waals surface area contributed by atoms with E-state index >= 15 is 0 Å². The van der Waals surface area contributed by atoms with Crippen molar-refractivity contribution in [3.05, 3.63) is 43.0 Å². The molecule has 7 heteroatoms. The SMILES string of the molecule is CSc1nc(-c2cc(F)c(C)c(I)c2)c(C#N)c(=O)[nH]1. The maximum Gasteiger partial charge on any atom is 0.270 e. The molecule has 0 fully saturated rings. The largest absolute Gasteiger partial charge is 0.300 e. The standard InChI is InChI=1S/C13H9FIN3OS/c1-6-9(14)3-7(4-10(6)15)11-8(5-16)12(19)18-13(17-11)20-2/h3-4H,1-2H3,(H,17,18,19). The number of benzene rings is 1. The van der Waals surface area contributed by atoms with Gasteiger partial charge >= 0.3 is 0 Å². The number of aromatic amines is 1. The molecule has 1 aromatic heterocycles. The molecule has 0 bridgehead atoms. The van der Waals surface area contributed by atoms with Crippen molar-refractivity contribution in [1.82, 2.24) is 9.97 Å². The minimum absolute atomic E-state index is 0.109. The van der Waals surface area contributed by atoms with Crippen molar-refractivity contribution in [1.29, 1.82) is 5.26 Å². The topological polar surface area (TPSA) is 69.5 Å². The summed E-state index contributed by atoms with van der Waals surface area (Å²) in [5, 5.41) is 9.49. The van der Waals surface area contributed by atoms with Crippen LogP contribution in [0, 0.1) is 27.6 Å². The van der Waals surface area contributed by atoms with Crippen LogP contribution in [0.1, 0.15) is 11.1 Å². The van der Waals surface area contributed by atoms with Gasteiger partial charge in [-0.1, -0.05) is 11.8 Å². The molecule has 1 heterocycles. The van der Waals surface area contributed by atoms with Crippen LogP contribution in [0.5, 0.6) is 0 Å². The molecule has 4 nitrogen and oxygen atoms in total. The Kier molecular flexibility index (Phi) is 4.45. The second kappa shape index (κ2) is 5.93. The average molecular weight is 401 g/mol. The number of nitrogens with zero attached hydrogens (tertiary/aromatic N) is 2. The van der Waals surface area contributed by atoms with Crippen LogP contribution < -0.4 is 5.56 Å². The van der Waals surface area contributed by atoms with Gasteiger partial charge in [-0.25, -0.2) is 9.37 Å². The first-order chi connectivity index (χ1) is 9.47. The molecule has 0 aliphatic rings. The number of rotatable bonds is 2. The third kappa shape index (κ3) is 2.71. The number of halogens is 2. The predicted molar refractivity (Wildman–Crippen MR) is 84.2 cm³/mol. The Morgan fingerprint density at radius 2 is 2.20 bits per heavy atom. The summed E-state index contributed by atoms with van der Waals surface area (Å²) >= 11 is 3.26. The lowest BCUT2D eigenvalue weighted by Crippen LogP contribution is -2.14. The van der Waals surface area contributed by atoms with Crippen LogP contribution >= 0.6 is 34.4 Å². The molecule has 2 aromatic rings. The Morgan fingerprint density at radius 1 is 1.50 bits per heavy atom. The Balaban J connectivity index is 2.78. The highest BCUT2D eigenvalue weighted by atomic mass is 127. The van der Waals surface area contributed by atoms with Crippen molar-refractivity contribution in [2.24, 2.45) is 0 Å². The monoisotopic (exact) mass is 401 g/mol. The van der Waals surface area contributed by atoms with Crippen LogP contribution in [-0.2, 0) is 0 Å². The number of nitrogens with one attached hydrogen (secondary N) is 1. The molecule has 0 aliphatic heterocycles. The molecule has 1 aromatic carbocycles. The van der Waals surface area contributed by atoms with E-state index in [1.807, 2.05) is 28.7 Å². The van der Waals surface area contributed by atoms with Gasteiger partial charge in [-0.05, 0) is 53.5 Å². The summed E-state index contributed by atoms with van der Waals surface area (Å²) in [6, 6.07) is 4.84. The summed E-state index contributed by atoms with van der Waals surface area (Å²) < 4.78 is 14.6. The van der Waals surface area contributed by atoms with Crippen molar-refractivity contribution in [3.63, 3.8) is 0 Å². The molecule has 0 saturated heterocycles. The molecule has 0 atom stereocenters. The highest BCUT2D eigenvalue weighted by molar-refractivity contribution is 14.1. The molecule has 0 spiro atoms. The number of thioether (sulfide) groups is 1. The molecular weight excluding hydrogens is 392 g/mol. The maximum atomic E-state index is 13.8. The van der Waals surface area contributed by atoms with Crippen molar-refractivity contribution in [3.8, 4) is 17.3 Å². The zero-order valence-corrected chi connectivity index (χ0v) is 13.6. The van der Waals surface area contributed by atoms with Crippen LogP contribution in [0.2, 0.25) is 0 Å². The van der Waals surface area contributed by atoms with E-state index in [-0.39, 0.29) is 17.1 Å². The fourth-order valence-electron chi connectivity index (χ4n) is 1.64. The Morgan fingerprint density at radius 3 is 2.75 bits per heavy atom. The van der Waals surface area contributed by atoms with E-state index in [0.29, 0.717) is 19.9 Å². The van der Waals surface area contributed by atoms with E-state index in [4.69, 9.17) is 5.26 Å². The summed E-state index contributed by atoms with van der Waals surface area (Å²) in [5.41, 5.74) is 0.537. The normalized spacial score (nSPS) is 10.3. The molecule has 20 heavy (non-hydrogen) atoms. The fourth-order valence-corrected chi connectivity index (χ4v) is 2.61. The molecule has 0 radical (unpaired) electrons. The van der Waals surface area contributed by atoms with Crippen LogP contribution in [0.4, 0.5) is 4.39 Å². The van der Waals surface area contributed by atoms with Crippen LogP contribution in [0.3, 0.4) is 0 Å². The van der Waals surface area contributed by atoms with Crippen LogP contribution in [-0.4, -0.2) is 16.2 Å². The smallest absolute Gasteiger partial charge is 0.270 e. The van der Waals surface area contributed by atoms with E-state index in [9.17, 15) is 9.18 Å². The molecule has 0 amide bonds. The van der Waals surface area contributed by atoms with Gasteiger partial charge in [0.25, 0.3) is 5.56 Å². The first kappa shape index (κ1) is 15.0. The number of nitriles is 1. The van der Waals surface area contributed by atoms with E-state index in [1.165, 1.54) is 17.8 Å².